The van der Waals surface area contributed by atoms with Crippen molar-refractivity contribution in [1.82, 2.24) is 21.6 Å². The van der Waals surface area contributed by atoms with Gasteiger partial charge < -0.3 is 10.6 Å². The van der Waals surface area contributed by atoms with E-state index < -0.39 is 6.04 Å². The number of Topliss-reactive ketones (excluding diaryl/α,β-unsaturated/α-hetero) is 1. The normalized spacial score (nSPS) is 26.4. The highest BCUT2D eigenvalue weighted by molar-refractivity contribution is 5.93. The molecule has 2 unspecified atom stereocenters. The number of allylic oxidation sites excluding steroid dienone is 1. The Morgan fingerprint density at radius 1 is 1.36 bits per heavy atom. The number of carbonyl (C=O) groups is 2. The second-order valence-corrected chi connectivity index (χ2v) is 7.68. The van der Waals surface area contributed by atoms with Crippen molar-refractivity contribution in [3.8, 4) is 6.07 Å². The fourth-order valence-corrected chi connectivity index (χ4v) is 4.20. The number of amides is 1. The maximum absolute atomic E-state index is 12.5. The minimum atomic E-state index is -0.560. The van der Waals surface area contributed by atoms with E-state index in [0.717, 1.165) is 30.5 Å². The zero-order valence-corrected chi connectivity index (χ0v) is 15.7. The molecule has 4 N–H and O–H groups in total. The van der Waals surface area contributed by atoms with Crippen LogP contribution in [-0.2, 0) is 16.0 Å². The third-order valence-corrected chi connectivity index (χ3v) is 5.72. The van der Waals surface area contributed by atoms with Gasteiger partial charge in [0.15, 0.2) is 5.78 Å². The van der Waals surface area contributed by atoms with Crippen LogP contribution in [0.3, 0.4) is 0 Å². The summed E-state index contributed by atoms with van der Waals surface area (Å²) in [5, 5.41) is 17.4. The van der Waals surface area contributed by atoms with Crippen LogP contribution in [0.5, 0.6) is 0 Å². The average Bonchev–Trinajstić information content (AvgIpc) is 3.44. The minimum Gasteiger partial charge on any atom is -0.339 e. The third kappa shape index (κ3) is 3.72. The Morgan fingerprint density at radius 3 is 2.71 bits per heavy atom. The van der Waals surface area contributed by atoms with Gasteiger partial charge in [0, 0.05) is 22.2 Å². The number of nitrogens with one attached hydrogen (secondary N) is 4. The summed E-state index contributed by atoms with van der Waals surface area (Å²) in [7, 11) is 0. The molecule has 0 radical (unpaired) electrons. The first-order chi connectivity index (χ1) is 13.5. The highest BCUT2D eigenvalue weighted by Crippen LogP contribution is 2.35. The number of anilines is 1. The van der Waals surface area contributed by atoms with Crippen LogP contribution in [0.2, 0.25) is 0 Å². The molecule has 1 aromatic rings. The molecule has 8 heteroatoms. The van der Waals surface area contributed by atoms with Crippen molar-refractivity contribution in [3.05, 3.63) is 41.7 Å². The summed E-state index contributed by atoms with van der Waals surface area (Å²) in [6.45, 7) is 1.50. The monoisotopic (exact) mass is 384 g/mol. The van der Waals surface area contributed by atoms with Gasteiger partial charge in [-0.2, -0.15) is 5.26 Å². The summed E-state index contributed by atoms with van der Waals surface area (Å²) < 4.78 is 0. The Kier molecular flexibility index (Phi) is 5.03. The molecular weight excluding hydrogens is 356 g/mol. The standard InChI is InChI=1S/C20H24N6O2.2H2/c1-12(27)18-11-26(25-24-18)17-6-2-13(3-7-17)8-16(10-21)23-20(28)19-14-4-5-15(9-14)22-19;;/h2-3,6-7,11,14-16,19,22,24-25H,4-5,8-9H2,1H3,(H,23,28);2*1H/t14?,15?,16-,19-;;/m0../s1. The van der Waals surface area contributed by atoms with Crippen LogP contribution in [0.4, 0.5) is 5.69 Å². The third-order valence-electron chi connectivity index (χ3n) is 5.72. The largest absolute Gasteiger partial charge is 0.339 e. The number of piperidine rings is 1. The lowest BCUT2D eigenvalue weighted by Gasteiger charge is -2.23. The molecular formula is C20H28N6O2. The molecule has 2 fully saturated rings. The second kappa shape index (κ2) is 7.62. The van der Waals surface area contributed by atoms with Crippen molar-refractivity contribution in [2.24, 2.45) is 5.92 Å². The van der Waals surface area contributed by atoms with Crippen molar-refractivity contribution >= 4 is 17.4 Å². The van der Waals surface area contributed by atoms with E-state index in [9.17, 15) is 14.9 Å². The molecule has 1 amide bonds. The number of hydrogen-bond acceptors (Lipinski definition) is 7. The molecule has 0 aromatic heterocycles. The van der Waals surface area contributed by atoms with Gasteiger partial charge in [-0.3, -0.25) is 20.0 Å². The summed E-state index contributed by atoms with van der Waals surface area (Å²) >= 11 is 0. The zero-order chi connectivity index (χ0) is 19.7. The van der Waals surface area contributed by atoms with E-state index in [1.807, 2.05) is 24.3 Å². The van der Waals surface area contributed by atoms with Crippen molar-refractivity contribution < 1.29 is 12.4 Å². The number of nitriles is 1. The van der Waals surface area contributed by atoms with Crippen LogP contribution in [0.15, 0.2) is 36.2 Å². The highest BCUT2D eigenvalue weighted by atomic mass is 16.2. The topological polar surface area (TPSA) is 109 Å². The SMILES string of the molecule is CC(=O)C1=CN(c2ccc(C[C@@H](C#N)NC(=O)[C@H]3NC4CCC3C4)cc2)NN1.[HH].[HH]. The van der Waals surface area contributed by atoms with Crippen LogP contribution in [0, 0.1) is 17.2 Å². The molecule has 1 saturated heterocycles. The summed E-state index contributed by atoms with van der Waals surface area (Å²) in [5.74, 6) is 0.284. The maximum atomic E-state index is 12.5. The molecule has 0 spiro atoms. The van der Waals surface area contributed by atoms with Crippen LogP contribution in [0.1, 0.15) is 34.6 Å². The number of benzene rings is 1. The lowest BCUT2D eigenvalue weighted by molar-refractivity contribution is -0.124. The molecule has 8 nitrogen and oxygen atoms in total. The first-order valence-corrected chi connectivity index (χ1v) is 9.62. The van der Waals surface area contributed by atoms with E-state index in [1.54, 1.807) is 11.2 Å². The minimum absolute atomic E-state index is 0. The van der Waals surface area contributed by atoms with E-state index in [0.29, 0.717) is 24.1 Å². The van der Waals surface area contributed by atoms with Gasteiger partial charge in [-0.05, 0) is 42.9 Å². The number of nitrogens with zero attached hydrogens (tertiary/aromatic N) is 2. The Bertz CT molecular complexity index is 854. The van der Waals surface area contributed by atoms with Gasteiger partial charge in [0.1, 0.15) is 11.7 Å². The van der Waals surface area contributed by atoms with Gasteiger partial charge >= 0.3 is 0 Å². The summed E-state index contributed by atoms with van der Waals surface area (Å²) in [4.78, 5) is 23.9. The molecule has 2 aliphatic heterocycles. The zero-order valence-electron chi connectivity index (χ0n) is 15.7. The summed E-state index contributed by atoms with van der Waals surface area (Å²) in [6.07, 6.45) is 5.44. The van der Waals surface area contributed by atoms with E-state index in [1.165, 1.54) is 6.92 Å². The molecule has 2 bridgehead atoms. The summed E-state index contributed by atoms with van der Waals surface area (Å²) in [6, 6.07) is 9.58. The van der Waals surface area contributed by atoms with Gasteiger partial charge in [0.05, 0.1) is 24.0 Å². The van der Waals surface area contributed by atoms with E-state index in [-0.39, 0.29) is 20.6 Å². The van der Waals surface area contributed by atoms with Gasteiger partial charge in [-0.25, -0.2) is 0 Å². The quantitative estimate of drug-likeness (QED) is 0.582. The number of ketones is 1. The fourth-order valence-electron chi connectivity index (χ4n) is 4.20. The van der Waals surface area contributed by atoms with E-state index in [4.69, 9.17) is 0 Å². The summed E-state index contributed by atoms with van der Waals surface area (Å²) in [5.41, 5.74) is 8.02. The number of hydrogen-bond donors (Lipinski definition) is 4. The van der Waals surface area contributed by atoms with Crippen molar-refractivity contribution in [2.45, 2.75) is 50.7 Å². The van der Waals surface area contributed by atoms with Crippen LogP contribution >= 0.6 is 0 Å². The number of fused-ring (bicyclic) bond motifs is 2. The maximum Gasteiger partial charge on any atom is 0.238 e. The van der Waals surface area contributed by atoms with E-state index >= 15 is 0 Å². The predicted molar refractivity (Wildman–Crippen MR) is 107 cm³/mol. The average molecular weight is 384 g/mol. The number of rotatable bonds is 6. The molecule has 150 valence electrons. The van der Waals surface area contributed by atoms with Crippen molar-refractivity contribution in [3.63, 3.8) is 0 Å². The Balaban J connectivity index is 0.00000160. The first kappa shape index (κ1) is 18.5. The van der Waals surface area contributed by atoms with Crippen LogP contribution in [0.25, 0.3) is 0 Å². The van der Waals surface area contributed by atoms with Gasteiger partial charge in [0.25, 0.3) is 0 Å². The molecule has 4 rings (SSSR count). The number of carbonyl (C=O) groups excluding carboxylic acids is 2. The molecule has 28 heavy (non-hydrogen) atoms. The molecule has 3 aliphatic rings. The predicted octanol–water partition coefficient (Wildman–Crippen LogP) is 1.13. The number of hydrazine groups is 2. The molecule has 1 saturated carbocycles. The Hall–Kier alpha value is -2.89. The molecule has 4 atom stereocenters. The molecule has 1 aliphatic carbocycles. The Labute approximate surface area is 166 Å². The van der Waals surface area contributed by atoms with Crippen molar-refractivity contribution in [1.29, 1.82) is 5.26 Å². The molecule has 1 aromatic carbocycles. The lowest BCUT2D eigenvalue weighted by Crippen LogP contribution is -2.50. The lowest BCUT2D eigenvalue weighted by atomic mass is 9.98. The van der Waals surface area contributed by atoms with Gasteiger partial charge in [-0.1, -0.05) is 12.1 Å². The second-order valence-electron chi connectivity index (χ2n) is 7.68. The van der Waals surface area contributed by atoms with Gasteiger partial charge in [0.2, 0.25) is 5.91 Å². The Morgan fingerprint density at radius 2 is 2.14 bits per heavy atom. The van der Waals surface area contributed by atoms with Crippen LogP contribution < -0.4 is 26.6 Å². The fraction of sp³-hybridized carbons (Fsp3) is 0.450. The first-order valence-electron chi connectivity index (χ1n) is 9.62. The van der Waals surface area contributed by atoms with Crippen LogP contribution in [-0.4, -0.2) is 29.8 Å². The smallest absolute Gasteiger partial charge is 0.238 e. The molecule has 2 heterocycles. The van der Waals surface area contributed by atoms with Crippen molar-refractivity contribution in [2.75, 3.05) is 5.01 Å². The highest BCUT2D eigenvalue weighted by Gasteiger charge is 2.43. The van der Waals surface area contributed by atoms with E-state index in [2.05, 4.69) is 27.7 Å². The van der Waals surface area contributed by atoms with Gasteiger partial charge in [-0.15, -0.1) is 5.53 Å².